The summed E-state index contributed by atoms with van der Waals surface area (Å²) < 4.78 is 43.7. The number of sulfonamides is 1. The molecule has 0 aromatic heterocycles. The smallest absolute Gasteiger partial charge is 0.262 e. The van der Waals surface area contributed by atoms with Crippen molar-refractivity contribution in [1.29, 1.82) is 0 Å². The molecule has 1 amide bonds. The summed E-state index contributed by atoms with van der Waals surface area (Å²) in [6, 6.07) is 17.0. The Hall–Kier alpha value is -3.27. The van der Waals surface area contributed by atoms with Crippen LogP contribution in [0.25, 0.3) is 0 Å². The van der Waals surface area contributed by atoms with E-state index < -0.39 is 15.9 Å². The summed E-state index contributed by atoms with van der Waals surface area (Å²) in [6.45, 7) is 0.373. The van der Waals surface area contributed by atoms with Crippen molar-refractivity contribution in [3.63, 3.8) is 0 Å². The minimum Gasteiger partial charge on any atom is -0.497 e. The summed E-state index contributed by atoms with van der Waals surface area (Å²) in [7, 11) is -0.720. The van der Waals surface area contributed by atoms with E-state index in [-0.39, 0.29) is 22.3 Å². The number of nitrogens with zero attached hydrogens (tertiary/aromatic N) is 1. The van der Waals surface area contributed by atoms with Crippen molar-refractivity contribution < 1.29 is 27.4 Å². The van der Waals surface area contributed by atoms with Crippen LogP contribution in [0.5, 0.6) is 17.2 Å². The zero-order chi connectivity index (χ0) is 25.0. The molecular formula is C25H25ClN2O6S. The third-order valence-corrected chi connectivity index (χ3v) is 7.81. The third-order valence-electron chi connectivity index (χ3n) is 5.68. The maximum Gasteiger partial charge on any atom is 0.262 e. The molecule has 0 fully saturated rings. The Morgan fingerprint density at radius 1 is 1.00 bits per heavy atom. The zero-order valence-corrected chi connectivity index (χ0v) is 20.9. The standard InChI is InChI=1S/C25H25ClN2O6S/c1-32-19-7-9-22(24(13-19)33-2)27-25(29)16-34-23-10-8-20(14-21(23)26)35(30,31)28-12-11-17-5-3-4-6-18(17)15-28/h3-10,13-14H,11-12,15-16H2,1-2H3,(H,27,29). The van der Waals surface area contributed by atoms with Gasteiger partial charge in [-0.15, -0.1) is 0 Å². The van der Waals surface area contributed by atoms with Crippen LogP contribution >= 0.6 is 11.6 Å². The molecule has 35 heavy (non-hydrogen) atoms. The van der Waals surface area contributed by atoms with Crippen molar-refractivity contribution in [1.82, 2.24) is 4.31 Å². The van der Waals surface area contributed by atoms with Gasteiger partial charge in [0.15, 0.2) is 6.61 Å². The molecule has 1 heterocycles. The fourth-order valence-electron chi connectivity index (χ4n) is 3.81. The van der Waals surface area contributed by atoms with Crippen LogP contribution in [0.3, 0.4) is 0 Å². The van der Waals surface area contributed by atoms with E-state index in [1.54, 1.807) is 18.2 Å². The Labute approximate surface area is 209 Å². The molecule has 0 unspecified atom stereocenters. The highest BCUT2D eigenvalue weighted by molar-refractivity contribution is 7.89. The fraction of sp³-hybridized carbons (Fsp3) is 0.240. The second kappa shape index (κ2) is 10.6. The van der Waals surface area contributed by atoms with Crippen molar-refractivity contribution in [2.75, 3.05) is 32.7 Å². The largest absolute Gasteiger partial charge is 0.497 e. The average molecular weight is 517 g/mol. The normalized spacial score (nSPS) is 13.6. The van der Waals surface area contributed by atoms with Crippen LogP contribution in [0.1, 0.15) is 11.1 Å². The number of anilines is 1. The van der Waals surface area contributed by atoms with Crippen molar-refractivity contribution in [3.8, 4) is 17.2 Å². The summed E-state index contributed by atoms with van der Waals surface area (Å²) in [5.41, 5.74) is 2.61. The quantitative estimate of drug-likeness (QED) is 0.484. The number of carbonyl (C=O) groups excluding carboxylic acids is 1. The Bertz CT molecular complexity index is 1350. The summed E-state index contributed by atoms with van der Waals surface area (Å²) >= 11 is 6.31. The Balaban J connectivity index is 1.41. The van der Waals surface area contributed by atoms with Gasteiger partial charge in [0.25, 0.3) is 5.91 Å². The van der Waals surface area contributed by atoms with Crippen LogP contribution in [-0.4, -0.2) is 46.0 Å². The number of nitrogens with one attached hydrogen (secondary N) is 1. The van der Waals surface area contributed by atoms with E-state index in [2.05, 4.69) is 5.32 Å². The van der Waals surface area contributed by atoms with E-state index in [0.717, 1.165) is 11.1 Å². The number of carbonyl (C=O) groups is 1. The fourth-order valence-corrected chi connectivity index (χ4v) is 5.56. The van der Waals surface area contributed by atoms with E-state index in [1.807, 2.05) is 24.3 Å². The molecule has 184 valence electrons. The summed E-state index contributed by atoms with van der Waals surface area (Å²) in [4.78, 5) is 12.5. The summed E-state index contributed by atoms with van der Waals surface area (Å²) in [5, 5.41) is 2.79. The van der Waals surface area contributed by atoms with Crippen LogP contribution in [0.15, 0.2) is 65.6 Å². The molecule has 1 aliphatic rings. The number of methoxy groups -OCH3 is 2. The molecule has 4 rings (SSSR count). The highest BCUT2D eigenvalue weighted by Gasteiger charge is 2.28. The first-order valence-corrected chi connectivity index (χ1v) is 12.6. The SMILES string of the molecule is COc1ccc(NC(=O)COc2ccc(S(=O)(=O)N3CCc4ccccc4C3)cc2Cl)c(OC)c1. The molecular weight excluding hydrogens is 492 g/mol. The van der Waals surface area contributed by atoms with Crippen LogP contribution in [0.4, 0.5) is 5.69 Å². The number of rotatable bonds is 8. The Kier molecular flexibility index (Phi) is 7.49. The maximum atomic E-state index is 13.2. The molecule has 0 atom stereocenters. The lowest BCUT2D eigenvalue weighted by Gasteiger charge is -2.28. The summed E-state index contributed by atoms with van der Waals surface area (Å²) in [6.07, 6.45) is 0.651. The molecule has 0 bridgehead atoms. The van der Waals surface area contributed by atoms with Crippen molar-refractivity contribution in [2.45, 2.75) is 17.9 Å². The zero-order valence-electron chi connectivity index (χ0n) is 19.3. The molecule has 3 aromatic carbocycles. The summed E-state index contributed by atoms with van der Waals surface area (Å²) in [5.74, 6) is 0.789. The van der Waals surface area contributed by atoms with E-state index in [0.29, 0.717) is 36.7 Å². The predicted octanol–water partition coefficient (Wildman–Crippen LogP) is 4.12. The van der Waals surface area contributed by atoms with Crippen molar-refractivity contribution in [3.05, 3.63) is 76.8 Å². The van der Waals surface area contributed by atoms with Crippen molar-refractivity contribution in [2.24, 2.45) is 0 Å². The van der Waals surface area contributed by atoms with Gasteiger partial charge in [0.2, 0.25) is 10.0 Å². The molecule has 0 spiro atoms. The lowest BCUT2D eigenvalue weighted by Crippen LogP contribution is -2.35. The number of hydrogen-bond donors (Lipinski definition) is 1. The lowest BCUT2D eigenvalue weighted by atomic mass is 10.0. The molecule has 1 N–H and O–H groups in total. The van der Waals surface area contributed by atoms with Gasteiger partial charge in [0.1, 0.15) is 17.2 Å². The van der Waals surface area contributed by atoms with Crippen LogP contribution < -0.4 is 19.5 Å². The third kappa shape index (κ3) is 5.53. The molecule has 0 saturated carbocycles. The van der Waals surface area contributed by atoms with Gasteiger partial charge in [-0.2, -0.15) is 4.31 Å². The average Bonchev–Trinajstić information content (AvgIpc) is 2.87. The second-order valence-corrected chi connectivity index (χ2v) is 10.2. The van der Waals surface area contributed by atoms with Crippen LogP contribution in [0, 0.1) is 0 Å². The van der Waals surface area contributed by atoms with Gasteiger partial charge in [0.05, 0.1) is 29.8 Å². The molecule has 1 aliphatic heterocycles. The minimum atomic E-state index is -3.74. The van der Waals surface area contributed by atoms with Gasteiger partial charge in [0, 0.05) is 19.2 Å². The Morgan fingerprint density at radius 3 is 2.49 bits per heavy atom. The second-order valence-electron chi connectivity index (χ2n) is 7.85. The molecule has 10 heteroatoms. The lowest BCUT2D eigenvalue weighted by molar-refractivity contribution is -0.118. The first kappa shape index (κ1) is 24.8. The van der Waals surface area contributed by atoms with Gasteiger partial charge in [-0.05, 0) is 47.9 Å². The Morgan fingerprint density at radius 2 is 1.77 bits per heavy atom. The molecule has 3 aromatic rings. The highest BCUT2D eigenvalue weighted by Crippen LogP contribution is 2.32. The highest BCUT2D eigenvalue weighted by atomic mass is 35.5. The van der Waals surface area contributed by atoms with Gasteiger partial charge in [-0.3, -0.25) is 4.79 Å². The van der Waals surface area contributed by atoms with E-state index >= 15 is 0 Å². The number of halogens is 1. The van der Waals surface area contributed by atoms with Crippen molar-refractivity contribution >= 4 is 33.2 Å². The number of ether oxygens (including phenoxy) is 3. The van der Waals surface area contributed by atoms with Crippen LogP contribution in [-0.2, 0) is 27.8 Å². The van der Waals surface area contributed by atoms with E-state index in [4.69, 9.17) is 25.8 Å². The van der Waals surface area contributed by atoms with Gasteiger partial charge < -0.3 is 19.5 Å². The molecule has 0 aliphatic carbocycles. The number of hydrogen-bond acceptors (Lipinski definition) is 6. The monoisotopic (exact) mass is 516 g/mol. The van der Waals surface area contributed by atoms with E-state index in [9.17, 15) is 13.2 Å². The topological polar surface area (TPSA) is 94.2 Å². The van der Waals surface area contributed by atoms with Gasteiger partial charge >= 0.3 is 0 Å². The van der Waals surface area contributed by atoms with E-state index in [1.165, 1.54) is 36.7 Å². The van der Waals surface area contributed by atoms with Gasteiger partial charge in [-0.25, -0.2) is 8.42 Å². The maximum absolute atomic E-state index is 13.2. The molecule has 8 nitrogen and oxygen atoms in total. The number of amides is 1. The number of fused-ring (bicyclic) bond motifs is 1. The minimum absolute atomic E-state index is 0.0710. The first-order chi connectivity index (χ1) is 16.8. The number of benzene rings is 3. The molecule has 0 saturated heterocycles. The van der Waals surface area contributed by atoms with Crippen LogP contribution in [0.2, 0.25) is 5.02 Å². The first-order valence-electron chi connectivity index (χ1n) is 10.8. The predicted molar refractivity (Wildman–Crippen MR) is 133 cm³/mol. The van der Waals surface area contributed by atoms with Gasteiger partial charge in [-0.1, -0.05) is 35.9 Å². The molecule has 0 radical (unpaired) electrons.